The summed E-state index contributed by atoms with van der Waals surface area (Å²) in [6, 6.07) is 0. The van der Waals surface area contributed by atoms with Crippen LogP contribution in [0, 0.1) is 0 Å². The van der Waals surface area contributed by atoms with Gasteiger partial charge in [-0.05, 0) is 0 Å². The lowest BCUT2D eigenvalue weighted by Gasteiger charge is -2.02. The van der Waals surface area contributed by atoms with E-state index in [1.54, 1.807) is 7.05 Å². The first-order chi connectivity index (χ1) is 5.18. The molecule has 0 saturated carbocycles. The summed E-state index contributed by atoms with van der Waals surface area (Å²) in [5.74, 6) is 0. The van der Waals surface area contributed by atoms with Gasteiger partial charge in [-0.25, -0.2) is 0 Å². The van der Waals surface area contributed by atoms with Gasteiger partial charge in [0, 0.05) is 7.05 Å². The normalized spacial score (nSPS) is 8.64. The molecule has 0 aliphatic rings. The van der Waals surface area contributed by atoms with Crippen LogP contribution in [0.2, 0.25) is 0 Å². The molecule has 1 aromatic rings. The van der Waals surface area contributed by atoms with Crippen molar-refractivity contribution in [3.05, 3.63) is 20.4 Å². The van der Waals surface area contributed by atoms with Crippen LogP contribution >= 0.6 is 0 Å². The van der Waals surface area contributed by atoms with E-state index in [0.29, 0.717) is 0 Å². The van der Waals surface area contributed by atoms with Crippen LogP contribution in [-0.4, -0.2) is 7.05 Å². The average Bonchev–Trinajstić information content (AvgIpc) is 2.08. The molecule has 0 heterocycles. The molecule has 0 spiro atoms. The van der Waals surface area contributed by atoms with Gasteiger partial charge in [0.15, 0.2) is 0 Å². The third kappa shape index (κ3) is 1.39. The molecule has 0 fully saturated rings. The predicted molar refractivity (Wildman–Crippen MR) is 46.7 cm³/mol. The molecule has 0 aromatic heterocycles. The molecule has 0 saturated heterocycles. The van der Waals surface area contributed by atoms with Gasteiger partial charge in [0.05, 0.1) is 0 Å². The molecular weight excluding hydrogens is 144 g/mol. The van der Waals surface area contributed by atoms with E-state index < -0.39 is 10.9 Å². The molecule has 0 bridgehead atoms. The Hall–Kier alpha value is -1.32. The Labute approximate surface area is 64.7 Å². The van der Waals surface area contributed by atoms with Crippen molar-refractivity contribution in [2.45, 2.75) is 13.8 Å². The number of anilines is 2. The van der Waals surface area contributed by atoms with E-state index in [4.69, 9.17) is 5.73 Å². The lowest BCUT2D eigenvalue weighted by molar-refractivity contribution is 1.36. The summed E-state index contributed by atoms with van der Waals surface area (Å²) in [5, 5.41) is 2.52. The molecule has 4 heteroatoms. The highest BCUT2D eigenvalue weighted by molar-refractivity contribution is 5.70. The summed E-state index contributed by atoms with van der Waals surface area (Å²) in [6.07, 6.45) is 0. The quantitative estimate of drug-likeness (QED) is 0.558. The summed E-state index contributed by atoms with van der Waals surface area (Å²) < 4.78 is 0. The molecule has 11 heavy (non-hydrogen) atoms. The van der Waals surface area contributed by atoms with E-state index >= 15 is 0 Å². The van der Waals surface area contributed by atoms with Crippen LogP contribution in [0.4, 0.5) is 11.4 Å². The van der Waals surface area contributed by atoms with Crippen molar-refractivity contribution >= 4 is 11.4 Å². The van der Waals surface area contributed by atoms with Crippen LogP contribution in [0.15, 0.2) is 9.59 Å². The molecule has 1 rings (SSSR count). The zero-order valence-electron chi connectivity index (χ0n) is 6.89. The third-order valence-corrected chi connectivity index (χ3v) is 1.20. The zero-order valence-corrected chi connectivity index (χ0v) is 6.89. The van der Waals surface area contributed by atoms with E-state index in [-0.39, 0.29) is 11.4 Å². The van der Waals surface area contributed by atoms with Crippen molar-refractivity contribution in [3.8, 4) is 0 Å². The van der Waals surface area contributed by atoms with Crippen molar-refractivity contribution in [2.75, 3.05) is 18.1 Å². The SMILES string of the molecule is CC.CNc1c(N)c(=O)c1=O. The fraction of sp³-hybridized carbons (Fsp3) is 0.429. The fourth-order valence-electron chi connectivity index (χ4n) is 0.657. The Kier molecular flexibility index (Phi) is 3.30. The van der Waals surface area contributed by atoms with E-state index in [2.05, 4.69) is 5.32 Å². The first-order valence-electron chi connectivity index (χ1n) is 3.45. The Bertz CT molecular complexity index is 297. The highest BCUT2D eigenvalue weighted by Crippen LogP contribution is 2.06. The van der Waals surface area contributed by atoms with Gasteiger partial charge in [0.25, 0.3) is 10.9 Å². The van der Waals surface area contributed by atoms with Gasteiger partial charge in [-0.1, -0.05) is 13.8 Å². The monoisotopic (exact) mass is 156 g/mol. The molecule has 0 atom stereocenters. The number of hydrogen-bond acceptors (Lipinski definition) is 4. The third-order valence-electron chi connectivity index (χ3n) is 1.20. The minimum atomic E-state index is -0.584. The van der Waals surface area contributed by atoms with Gasteiger partial charge in [-0.15, -0.1) is 0 Å². The number of hydrogen-bond donors (Lipinski definition) is 2. The van der Waals surface area contributed by atoms with Crippen molar-refractivity contribution in [1.29, 1.82) is 0 Å². The largest absolute Gasteiger partial charge is 0.394 e. The van der Waals surface area contributed by atoms with Gasteiger partial charge in [-0.2, -0.15) is 0 Å². The van der Waals surface area contributed by atoms with E-state index in [0.717, 1.165) is 0 Å². The molecule has 3 N–H and O–H groups in total. The van der Waals surface area contributed by atoms with Crippen LogP contribution in [-0.2, 0) is 0 Å². The molecule has 4 nitrogen and oxygen atoms in total. The summed E-state index contributed by atoms with van der Waals surface area (Å²) >= 11 is 0. The van der Waals surface area contributed by atoms with Crippen LogP contribution in [0.3, 0.4) is 0 Å². The maximum atomic E-state index is 10.5. The summed E-state index contributed by atoms with van der Waals surface area (Å²) in [7, 11) is 1.55. The highest BCUT2D eigenvalue weighted by atomic mass is 16.2. The highest BCUT2D eigenvalue weighted by Gasteiger charge is 2.14. The fourth-order valence-corrected chi connectivity index (χ4v) is 0.657. The van der Waals surface area contributed by atoms with Crippen molar-refractivity contribution in [2.24, 2.45) is 0 Å². The standard InChI is InChI=1S/C5H6N2O2.C2H6/c1-7-3-2(6)4(8)5(3)9;1-2/h7H,6H2,1H3;1-2H3. The van der Waals surface area contributed by atoms with Crippen LogP contribution in [0.5, 0.6) is 0 Å². The maximum absolute atomic E-state index is 10.5. The van der Waals surface area contributed by atoms with Crippen molar-refractivity contribution in [1.82, 2.24) is 0 Å². The van der Waals surface area contributed by atoms with E-state index in [1.165, 1.54) is 0 Å². The lowest BCUT2D eigenvalue weighted by atomic mass is 10.2. The average molecular weight is 156 g/mol. The molecule has 0 aliphatic heterocycles. The predicted octanol–water partition coefficient (Wildman–Crippen LogP) is -0.0673. The second-order valence-corrected chi connectivity index (χ2v) is 1.70. The van der Waals surface area contributed by atoms with Crippen molar-refractivity contribution in [3.63, 3.8) is 0 Å². The summed E-state index contributed by atoms with van der Waals surface area (Å²) in [4.78, 5) is 20.8. The Balaban J connectivity index is 0.000000461. The molecule has 0 radical (unpaired) electrons. The van der Waals surface area contributed by atoms with E-state index in [1.807, 2.05) is 13.8 Å². The maximum Gasteiger partial charge on any atom is 0.253 e. The first kappa shape index (κ1) is 9.68. The minimum Gasteiger partial charge on any atom is -0.394 e. The smallest absolute Gasteiger partial charge is 0.253 e. The van der Waals surface area contributed by atoms with Gasteiger partial charge in [0.1, 0.15) is 11.4 Å². The zero-order chi connectivity index (χ0) is 9.02. The Morgan fingerprint density at radius 3 is 1.82 bits per heavy atom. The summed E-state index contributed by atoms with van der Waals surface area (Å²) in [6.45, 7) is 4.00. The molecule has 0 unspecified atom stereocenters. The number of nitrogens with one attached hydrogen (secondary N) is 1. The molecule has 1 aromatic carbocycles. The molecule has 62 valence electrons. The number of nitrogen functional groups attached to an aromatic ring is 1. The van der Waals surface area contributed by atoms with Crippen LogP contribution in [0.25, 0.3) is 0 Å². The second kappa shape index (κ2) is 3.75. The van der Waals surface area contributed by atoms with Crippen molar-refractivity contribution < 1.29 is 0 Å². The number of rotatable bonds is 1. The number of nitrogens with two attached hydrogens (primary N) is 1. The van der Waals surface area contributed by atoms with Crippen LogP contribution in [0.1, 0.15) is 13.8 Å². The molecule has 0 aliphatic carbocycles. The first-order valence-corrected chi connectivity index (χ1v) is 3.45. The second-order valence-electron chi connectivity index (χ2n) is 1.70. The lowest BCUT2D eigenvalue weighted by Crippen LogP contribution is -2.36. The van der Waals surface area contributed by atoms with Gasteiger partial charge in [-0.3, -0.25) is 9.59 Å². The van der Waals surface area contributed by atoms with E-state index in [9.17, 15) is 9.59 Å². The minimum absolute atomic E-state index is 0.0440. The molecular formula is C7H12N2O2. The van der Waals surface area contributed by atoms with Crippen LogP contribution < -0.4 is 21.9 Å². The summed E-state index contributed by atoms with van der Waals surface area (Å²) in [5.41, 5.74) is 4.29. The topological polar surface area (TPSA) is 72.2 Å². The van der Waals surface area contributed by atoms with Gasteiger partial charge in [0.2, 0.25) is 0 Å². The van der Waals surface area contributed by atoms with Gasteiger partial charge < -0.3 is 11.1 Å². The van der Waals surface area contributed by atoms with Gasteiger partial charge >= 0.3 is 0 Å². The Morgan fingerprint density at radius 2 is 1.64 bits per heavy atom. The molecule has 0 amide bonds. The Morgan fingerprint density at radius 1 is 1.18 bits per heavy atom.